The number of anilines is 1. The number of aromatic carboxylic acids is 1. The average molecular weight is 487 g/mol. The Morgan fingerprint density at radius 1 is 1.14 bits per heavy atom. The summed E-state index contributed by atoms with van der Waals surface area (Å²) in [7, 11) is 0. The zero-order valence-electron chi connectivity index (χ0n) is 21.2. The van der Waals surface area contributed by atoms with E-state index in [2.05, 4.69) is 32.7 Å². The first kappa shape index (κ1) is 24.2. The van der Waals surface area contributed by atoms with E-state index in [1.165, 1.54) is 32.1 Å². The fourth-order valence-corrected chi connectivity index (χ4v) is 6.03. The van der Waals surface area contributed by atoms with Gasteiger partial charge in [-0.15, -0.1) is 0 Å². The summed E-state index contributed by atoms with van der Waals surface area (Å²) in [5.74, 6) is -0.443. The predicted molar refractivity (Wildman–Crippen MR) is 140 cm³/mol. The van der Waals surface area contributed by atoms with Crippen molar-refractivity contribution >= 4 is 18.1 Å². The Kier molecular flexibility index (Phi) is 6.65. The molecule has 188 valence electrons. The highest BCUT2D eigenvalue weighted by Gasteiger charge is 2.32. The van der Waals surface area contributed by atoms with Gasteiger partial charge in [0.15, 0.2) is 5.69 Å². The molecular formula is C29H34N4O3. The first-order valence-electron chi connectivity index (χ1n) is 13.0. The predicted octanol–water partition coefficient (Wildman–Crippen LogP) is 5.69. The number of rotatable bonds is 7. The molecular weight excluding hydrogens is 452 g/mol. The van der Waals surface area contributed by atoms with E-state index in [1.807, 2.05) is 31.2 Å². The molecule has 0 unspecified atom stereocenters. The first-order chi connectivity index (χ1) is 17.4. The minimum Gasteiger partial charge on any atom is -0.476 e. The van der Waals surface area contributed by atoms with E-state index in [4.69, 9.17) is 0 Å². The van der Waals surface area contributed by atoms with Crippen LogP contribution >= 0.6 is 0 Å². The highest BCUT2D eigenvalue weighted by Crippen LogP contribution is 2.41. The Morgan fingerprint density at radius 3 is 2.67 bits per heavy atom. The van der Waals surface area contributed by atoms with Crippen LogP contribution in [0, 0.1) is 12.3 Å². The quantitative estimate of drug-likeness (QED) is 0.432. The first-order valence-corrected chi connectivity index (χ1v) is 13.0. The van der Waals surface area contributed by atoms with E-state index < -0.39 is 5.97 Å². The Bertz CT molecular complexity index is 1290. The zero-order valence-corrected chi connectivity index (χ0v) is 21.2. The van der Waals surface area contributed by atoms with Crippen molar-refractivity contribution in [3.8, 4) is 11.1 Å². The summed E-state index contributed by atoms with van der Waals surface area (Å²) in [4.78, 5) is 30.5. The molecule has 3 heterocycles. The lowest BCUT2D eigenvalue weighted by atomic mass is 9.72. The van der Waals surface area contributed by atoms with Crippen molar-refractivity contribution in [2.24, 2.45) is 5.41 Å². The second kappa shape index (κ2) is 9.88. The molecule has 0 saturated heterocycles. The van der Waals surface area contributed by atoms with Gasteiger partial charge >= 0.3 is 5.97 Å². The monoisotopic (exact) mass is 486 g/mol. The second-order valence-electron chi connectivity index (χ2n) is 10.4. The molecule has 0 amide bonds. The molecule has 2 aliphatic rings. The number of aldehydes is 1. The number of fused-ring (bicyclic) bond motifs is 1. The topological polar surface area (TPSA) is 88.3 Å². The molecule has 1 aromatic carbocycles. The molecule has 1 aliphatic heterocycles. The Hall–Kier alpha value is -3.48. The molecule has 1 saturated carbocycles. The fraction of sp³-hybridized carbons (Fsp3) is 0.448. The van der Waals surface area contributed by atoms with Crippen LogP contribution in [0.15, 0.2) is 36.5 Å². The molecule has 0 radical (unpaired) electrons. The Labute approximate surface area is 212 Å². The third kappa shape index (κ3) is 4.43. The zero-order chi connectivity index (χ0) is 25.3. The molecule has 36 heavy (non-hydrogen) atoms. The van der Waals surface area contributed by atoms with Gasteiger partial charge in [-0.05, 0) is 61.3 Å². The van der Waals surface area contributed by atoms with Crippen LogP contribution in [0.3, 0.4) is 0 Å². The molecule has 7 nitrogen and oxygen atoms in total. The number of nitrogens with zero attached hydrogens (tertiary/aromatic N) is 4. The highest BCUT2D eigenvalue weighted by molar-refractivity contribution is 5.94. The van der Waals surface area contributed by atoms with Crippen LogP contribution in [0.25, 0.3) is 11.1 Å². The number of benzene rings is 1. The summed E-state index contributed by atoms with van der Waals surface area (Å²) in [5, 5.41) is 14.8. The number of hydrogen-bond acceptors (Lipinski definition) is 5. The van der Waals surface area contributed by atoms with Crippen LogP contribution in [-0.4, -0.2) is 38.7 Å². The summed E-state index contributed by atoms with van der Waals surface area (Å²) >= 11 is 0. The molecule has 5 rings (SSSR count). The van der Waals surface area contributed by atoms with Crippen molar-refractivity contribution in [1.82, 2.24) is 14.8 Å². The second-order valence-corrected chi connectivity index (χ2v) is 10.4. The van der Waals surface area contributed by atoms with Crippen LogP contribution in [0.2, 0.25) is 0 Å². The van der Waals surface area contributed by atoms with E-state index in [-0.39, 0.29) is 11.1 Å². The number of carbonyl (C=O) groups is 2. The molecule has 3 aromatic rings. The highest BCUT2D eigenvalue weighted by atomic mass is 16.4. The fourth-order valence-electron chi connectivity index (χ4n) is 6.03. The van der Waals surface area contributed by atoms with Gasteiger partial charge in [-0.1, -0.05) is 44.4 Å². The third-order valence-electron chi connectivity index (χ3n) is 8.39. The summed E-state index contributed by atoms with van der Waals surface area (Å²) in [6, 6.07) is 9.53. The summed E-state index contributed by atoms with van der Waals surface area (Å²) in [5.41, 5.74) is 5.53. The van der Waals surface area contributed by atoms with E-state index in [9.17, 15) is 14.7 Å². The number of aromatic nitrogens is 3. The van der Waals surface area contributed by atoms with E-state index in [1.54, 1.807) is 6.20 Å². The number of pyridine rings is 1. The summed E-state index contributed by atoms with van der Waals surface area (Å²) < 4.78 is 2.06. The Morgan fingerprint density at radius 2 is 1.94 bits per heavy atom. The maximum absolute atomic E-state index is 12.3. The maximum atomic E-state index is 12.3. The number of hydrogen-bond donors (Lipinski definition) is 1. The molecule has 1 aliphatic carbocycles. The van der Waals surface area contributed by atoms with Crippen molar-refractivity contribution < 1.29 is 14.7 Å². The van der Waals surface area contributed by atoms with Crippen molar-refractivity contribution in [2.45, 2.75) is 71.9 Å². The third-order valence-corrected chi connectivity index (χ3v) is 8.39. The van der Waals surface area contributed by atoms with Crippen molar-refractivity contribution in [2.75, 3.05) is 11.4 Å². The van der Waals surface area contributed by atoms with Crippen LogP contribution in [-0.2, 0) is 19.5 Å². The lowest BCUT2D eigenvalue weighted by Crippen LogP contribution is -2.32. The molecule has 0 spiro atoms. The molecule has 1 N–H and O–H groups in total. The van der Waals surface area contributed by atoms with Gasteiger partial charge in [0.1, 0.15) is 12.1 Å². The number of carbonyl (C=O) groups excluding carboxylic acids is 1. The van der Waals surface area contributed by atoms with Gasteiger partial charge in [-0.25, -0.2) is 9.78 Å². The van der Waals surface area contributed by atoms with Crippen molar-refractivity contribution in [1.29, 1.82) is 0 Å². The van der Waals surface area contributed by atoms with Crippen LogP contribution < -0.4 is 4.90 Å². The van der Waals surface area contributed by atoms with Gasteiger partial charge in [0.05, 0.1) is 6.20 Å². The SMILES string of the molecule is CCC1(Cn2ncc(-c3ccc(N4CCc5cccc(C=O)c5C4)nc3C(=O)O)c2C)CCCCC1. The van der Waals surface area contributed by atoms with Gasteiger partial charge < -0.3 is 10.0 Å². The van der Waals surface area contributed by atoms with Crippen molar-refractivity contribution in [3.63, 3.8) is 0 Å². The minimum absolute atomic E-state index is 0.0347. The molecule has 7 heteroatoms. The van der Waals surface area contributed by atoms with Gasteiger partial charge in [0.2, 0.25) is 0 Å². The molecule has 1 fully saturated rings. The van der Waals surface area contributed by atoms with Crippen molar-refractivity contribution in [3.05, 3.63) is 64.6 Å². The largest absolute Gasteiger partial charge is 0.476 e. The standard InChI is InChI=1S/C29H34N4O3/c1-3-29(13-5-4-6-14-29)19-33-20(2)24(16-30-33)23-10-11-26(31-27(23)28(35)36)32-15-12-21-8-7-9-22(18-34)25(21)17-32/h7-11,16,18H,3-6,12-15,17,19H2,1-2H3,(H,35,36). The van der Waals surface area contributed by atoms with E-state index >= 15 is 0 Å². The smallest absolute Gasteiger partial charge is 0.355 e. The van der Waals surface area contributed by atoms with E-state index in [0.29, 0.717) is 23.5 Å². The average Bonchev–Trinajstić information content (AvgIpc) is 3.27. The molecule has 0 atom stereocenters. The minimum atomic E-state index is -1.05. The van der Waals surface area contributed by atoms with Crippen LogP contribution in [0.5, 0.6) is 0 Å². The molecule has 2 aromatic heterocycles. The number of carboxylic acids is 1. The lowest BCUT2D eigenvalue weighted by molar-refractivity contribution is 0.0691. The van der Waals surface area contributed by atoms with Crippen LogP contribution in [0.1, 0.15) is 83.1 Å². The van der Waals surface area contributed by atoms with Gasteiger partial charge in [-0.2, -0.15) is 5.10 Å². The summed E-state index contributed by atoms with van der Waals surface area (Å²) in [6.07, 6.45) is 10.9. The van der Waals surface area contributed by atoms with Gasteiger partial charge in [0.25, 0.3) is 0 Å². The molecule has 0 bridgehead atoms. The number of carboxylic acid groups (broad SMARTS) is 1. The summed E-state index contributed by atoms with van der Waals surface area (Å²) in [6.45, 7) is 6.42. The Balaban J connectivity index is 1.45. The van der Waals surface area contributed by atoms with Gasteiger partial charge in [-0.3, -0.25) is 9.48 Å². The lowest BCUT2D eigenvalue weighted by Gasteiger charge is -2.36. The van der Waals surface area contributed by atoms with Gasteiger partial charge in [0, 0.05) is 42.0 Å². The van der Waals surface area contributed by atoms with Crippen LogP contribution in [0.4, 0.5) is 5.82 Å². The normalized spacial score (nSPS) is 17.0. The maximum Gasteiger partial charge on any atom is 0.355 e. The van der Waals surface area contributed by atoms with E-state index in [0.717, 1.165) is 54.6 Å².